The average Bonchev–Trinajstić information content (AvgIpc) is 2.18. The van der Waals surface area contributed by atoms with Crippen molar-refractivity contribution in [2.45, 2.75) is 6.92 Å². The van der Waals surface area contributed by atoms with Gasteiger partial charge in [0.15, 0.2) is 6.61 Å². The van der Waals surface area contributed by atoms with Crippen LogP contribution in [-0.2, 0) is 14.4 Å². The van der Waals surface area contributed by atoms with Crippen molar-refractivity contribution in [3.8, 4) is 0 Å². The highest BCUT2D eigenvalue weighted by molar-refractivity contribution is 5.91. The molecule has 0 heterocycles. The fraction of sp³-hybridized carbons (Fsp3) is 0.200. The molecule has 1 rings (SSSR count). The Hall–Kier alpha value is -1.88. The molecule has 5 heteroatoms. The second kappa shape index (κ2) is 5.77. The minimum atomic E-state index is -0.345. The Balaban J connectivity index is 2.28. The molecule has 0 aliphatic rings. The molecular weight excluding hydrogens is 196 g/mol. The van der Waals surface area contributed by atoms with Crippen LogP contribution in [0.25, 0.3) is 0 Å². The molecule has 0 saturated heterocycles. The van der Waals surface area contributed by atoms with Gasteiger partial charge in [-0.3, -0.25) is 14.4 Å². The van der Waals surface area contributed by atoms with Crippen molar-refractivity contribution in [1.82, 2.24) is 5.48 Å². The van der Waals surface area contributed by atoms with E-state index in [2.05, 4.69) is 15.6 Å². The number of carbonyl (C=O) groups is 2. The van der Waals surface area contributed by atoms with Gasteiger partial charge in [0.05, 0.1) is 0 Å². The quantitative estimate of drug-likeness (QED) is 0.715. The Bertz CT molecular complexity index is 338. The van der Waals surface area contributed by atoms with Crippen LogP contribution in [0.4, 0.5) is 5.69 Å². The van der Waals surface area contributed by atoms with E-state index in [1.165, 1.54) is 6.92 Å². The van der Waals surface area contributed by atoms with Crippen LogP contribution < -0.4 is 10.8 Å². The minimum absolute atomic E-state index is 0.214. The first-order valence-electron chi connectivity index (χ1n) is 4.42. The molecule has 2 amide bonds. The van der Waals surface area contributed by atoms with Crippen LogP contribution in [0.5, 0.6) is 0 Å². The normalized spacial score (nSPS) is 9.40. The Morgan fingerprint density at radius 3 is 2.53 bits per heavy atom. The number of benzene rings is 1. The van der Waals surface area contributed by atoms with E-state index >= 15 is 0 Å². The maximum atomic E-state index is 11.2. The highest BCUT2D eigenvalue weighted by Crippen LogP contribution is 2.03. The molecule has 0 aliphatic carbocycles. The molecule has 0 saturated carbocycles. The van der Waals surface area contributed by atoms with Crippen LogP contribution in [0.3, 0.4) is 0 Å². The second-order valence-corrected chi connectivity index (χ2v) is 2.86. The lowest BCUT2D eigenvalue weighted by Gasteiger charge is -2.05. The van der Waals surface area contributed by atoms with Crippen LogP contribution in [-0.4, -0.2) is 18.4 Å². The van der Waals surface area contributed by atoms with E-state index in [0.717, 1.165) is 0 Å². The molecule has 0 unspecified atom stereocenters. The summed E-state index contributed by atoms with van der Waals surface area (Å²) in [6.45, 7) is 1.09. The van der Waals surface area contributed by atoms with E-state index in [0.29, 0.717) is 5.69 Å². The van der Waals surface area contributed by atoms with Gasteiger partial charge in [-0.1, -0.05) is 18.2 Å². The molecule has 2 N–H and O–H groups in total. The van der Waals surface area contributed by atoms with E-state index < -0.39 is 0 Å². The first-order valence-corrected chi connectivity index (χ1v) is 4.42. The van der Waals surface area contributed by atoms with Gasteiger partial charge < -0.3 is 5.32 Å². The van der Waals surface area contributed by atoms with Gasteiger partial charge in [0.1, 0.15) is 0 Å². The van der Waals surface area contributed by atoms with E-state index in [9.17, 15) is 9.59 Å². The highest BCUT2D eigenvalue weighted by atomic mass is 16.7. The van der Waals surface area contributed by atoms with Crippen molar-refractivity contribution in [2.75, 3.05) is 11.9 Å². The third-order valence-electron chi connectivity index (χ3n) is 1.48. The average molecular weight is 208 g/mol. The van der Waals surface area contributed by atoms with Gasteiger partial charge in [0.25, 0.3) is 5.91 Å². The topological polar surface area (TPSA) is 67.4 Å². The lowest BCUT2D eigenvalue weighted by Crippen LogP contribution is -2.27. The number of amides is 2. The monoisotopic (exact) mass is 208 g/mol. The molecule has 0 fully saturated rings. The van der Waals surface area contributed by atoms with Gasteiger partial charge in [-0.05, 0) is 12.1 Å². The summed E-state index contributed by atoms with van der Waals surface area (Å²) in [6.07, 6.45) is 0. The molecule has 0 atom stereocenters. The lowest BCUT2D eigenvalue weighted by atomic mass is 10.3. The predicted molar refractivity (Wildman–Crippen MR) is 54.8 cm³/mol. The molecule has 0 aromatic heterocycles. The summed E-state index contributed by atoms with van der Waals surface area (Å²) in [6, 6.07) is 8.99. The fourth-order valence-electron chi connectivity index (χ4n) is 0.922. The molecule has 0 spiro atoms. The van der Waals surface area contributed by atoms with Gasteiger partial charge in [-0.2, -0.15) is 0 Å². The van der Waals surface area contributed by atoms with Crippen molar-refractivity contribution in [3.05, 3.63) is 30.3 Å². The van der Waals surface area contributed by atoms with Crippen LogP contribution >= 0.6 is 0 Å². The molecule has 0 radical (unpaired) electrons. The maximum Gasteiger partial charge on any atom is 0.253 e. The number of hydroxylamine groups is 1. The summed E-state index contributed by atoms with van der Waals surface area (Å²) in [5.74, 6) is -0.669. The molecule has 0 bridgehead atoms. The van der Waals surface area contributed by atoms with Gasteiger partial charge in [0.2, 0.25) is 5.91 Å². The van der Waals surface area contributed by atoms with E-state index in [4.69, 9.17) is 0 Å². The SMILES string of the molecule is CC(=O)NOCC(=O)Nc1ccccc1. The number of anilines is 1. The van der Waals surface area contributed by atoms with Gasteiger partial charge in [0, 0.05) is 12.6 Å². The molecule has 80 valence electrons. The first kappa shape index (κ1) is 11.2. The maximum absolute atomic E-state index is 11.2. The standard InChI is InChI=1S/C10H12N2O3/c1-8(13)12-15-7-10(14)11-9-5-3-2-4-6-9/h2-6H,7H2,1H3,(H,11,14)(H,12,13). The number of rotatable bonds is 4. The van der Waals surface area contributed by atoms with E-state index in [1.54, 1.807) is 12.1 Å². The van der Waals surface area contributed by atoms with Crippen molar-refractivity contribution < 1.29 is 14.4 Å². The summed E-state index contributed by atoms with van der Waals surface area (Å²) in [7, 11) is 0. The third-order valence-corrected chi connectivity index (χ3v) is 1.48. The summed E-state index contributed by atoms with van der Waals surface area (Å²) < 4.78 is 0. The molecule has 5 nitrogen and oxygen atoms in total. The minimum Gasteiger partial charge on any atom is -0.324 e. The number of hydrogen-bond acceptors (Lipinski definition) is 3. The first-order chi connectivity index (χ1) is 7.18. The molecule has 15 heavy (non-hydrogen) atoms. The zero-order valence-corrected chi connectivity index (χ0v) is 8.32. The van der Waals surface area contributed by atoms with Crippen molar-refractivity contribution in [3.63, 3.8) is 0 Å². The fourth-order valence-corrected chi connectivity index (χ4v) is 0.922. The third kappa shape index (κ3) is 4.78. The van der Waals surface area contributed by atoms with Crippen molar-refractivity contribution >= 4 is 17.5 Å². The molecular formula is C10H12N2O3. The van der Waals surface area contributed by atoms with E-state index in [-0.39, 0.29) is 18.4 Å². The van der Waals surface area contributed by atoms with Crippen LogP contribution in [0.15, 0.2) is 30.3 Å². The summed E-state index contributed by atoms with van der Waals surface area (Å²) in [5, 5.41) is 2.60. The Kier molecular flexibility index (Phi) is 4.30. The summed E-state index contributed by atoms with van der Waals surface area (Å²) in [4.78, 5) is 26.2. The Morgan fingerprint density at radius 1 is 1.27 bits per heavy atom. The molecule has 0 aliphatic heterocycles. The van der Waals surface area contributed by atoms with Crippen LogP contribution in [0.2, 0.25) is 0 Å². The molecule has 1 aromatic rings. The number of hydrogen-bond donors (Lipinski definition) is 2. The zero-order valence-electron chi connectivity index (χ0n) is 8.32. The van der Waals surface area contributed by atoms with Crippen LogP contribution in [0, 0.1) is 0 Å². The van der Waals surface area contributed by atoms with Gasteiger partial charge in [-0.15, -0.1) is 0 Å². The highest BCUT2D eigenvalue weighted by Gasteiger charge is 2.02. The van der Waals surface area contributed by atoms with E-state index in [1.807, 2.05) is 18.2 Å². The summed E-state index contributed by atoms with van der Waals surface area (Å²) >= 11 is 0. The number of carbonyl (C=O) groups excluding carboxylic acids is 2. The largest absolute Gasteiger partial charge is 0.324 e. The summed E-state index contributed by atoms with van der Waals surface area (Å²) in [5.41, 5.74) is 2.75. The second-order valence-electron chi connectivity index (χ2n) is 2.86. The van der Waals surface area contributed by atoms with Crippen molar-refractivity contribution in [1.29, 1.82) is 0 Å². The zero-order chi connectivity index (χ0) is 11.1. The number of nitrogens with one attached hydrogen (secondary N) is 2. The predicted octanol–water partition coefficient (Wildman–Crippen LogP) is 0.693. The Morgan fingerprint density at radius 2 is 1.93 bits per heavy atom. The smallest absolute Gasteiger partial charge is 0.253 e. The van der Waals surface area contributed by atoms with Gasteiger partial charge in [-0.25, -0.2) is 5.48 Å². The number of para-hydroxylation sites is 1. The van der Waals surface area contributed by atoms with Crippen LogP contribution in [0.1, 0.15) is 6.92 Å². The Labute approximate surface area is 87.4 Å². The van der Waals surface area contributed by atoms with Crippen molar-refractivity contribution in [2.24, 2.45) is 0 Å². The molecule has 1 aromatic carbocycles. The van der Waals surface area contributed by atoms with Gasteiger partial charge >= 0.3 is 0 Å². The lowest BCUT2D eigenvalue weighted by molar-refractivity contribution is -0.135.